The molecule has 0 aliphatic carbocycles. The van der Waals surface area contributed by atoms with Crippen molar-refractivity contribution in [3.05, 3.63) is 40.3 Å². The van der Waals surface area contributed by atoms with Crippen LogP contribution in [-0.4, -0.2) is 15.1 Å². The molecule has 0 spiro atoms. The number of nitrogens with zero attached hydrogens (tertiary/aromatic N) is 2. The van der Waals surface area contributed by atoms with E-state index in [0.717, 1.165) is 4.68 Å². The first kappa shape index (κ1) is 16.6. The molecule has 4 nitrogen and oxygen atoms in total. The lowest BCUT2D eigenvalue weighted by molar-refractivity contribution is -0.137. The maximum Gasteiger partial charge on any atom is 0.416 e. The Morgan fingerprint density at radius 1 is 1.32 bits per heavy atom. The van der Waals surface area contributed by atoms with Gasteiger partial charge in [0.1, 0.15) is 0 Å². The molecule has 1 aromatic heterocycles. The molecule has 0 bridgehead atoms. The van der Waals surface area contributed by atoms with Gasteiger partial charge in [0.05, 0.1) is 10.6 Å². The Labute approximate surface area is 131 Å². The number of halogens is 6. The third-order valence-corrected chi connectivity index (χ3v) is 3.00. The molecular weight excluding hydrogens is 351 g/mol. The second-order valence-corrected chi connectivity index (χ2v) is 4.89. The Kier molecular flexibility index (Phi) is 4.35. The van der Waals surface area contributed by atoms with Gasteiger partial charge in [0.15, 0.2) is 11.6 Å². The number of carbonyl (C=O) groups excluding carboxylic acids is 1. The summed E-state index contributed by atoms with van der Waals surface area (Å²) in [5.41, 5.74) is -0.960. The van der Waals surface area contributed by atoms with Crippen LogP contribution < -0.4 is 4.74 Å². The Hall–Kier alpha value is -1.80. The van der Waals surface area contributed by atoms with Gasteiger partial charge in [-0.1, -0.05) is 11.6 Å². The number of rotatable bonds is 2. The molecule has 2 aromatic rings. The Bertz CT molecular complexity index is 720. The van der Waals surface area contributed by atoms with Gasteiger partial charge in [-0.3, -0.25) is 4.79 Å². The molecule has 0 aliphatic rings. The second-order valence-electron chi connectivity index (χ2n) is 4.16. The van der Waals surface area contributed by atoms with Crippen molar-refractivity contribution in [2.75, 3.05) is 0 Å². The molecule has 0 saturated heterocycles. The average molecular weight is 357 g/mol. The Morgan fingerprint density at radius 3 is 2.41 bits per heavy atom. The van der Waals surface area contributed by atoms with E-state index in [-0.39, 0.29) is 11.9 Å². The topological polar surface area (TPSA) is 44.1 Å². The molecule has 0 fully saturated rings. The van der Waals surface area contributed by atoms with Crippen LogP contribution in [0.3, 0.4) is 0 Å². The summed E-state index contributed by atoms with van der Waals surface area (Å²) in [5, 5.41) is 2.11. The number of ether oxygens (including phenoxy) is 1. The molecule has 0 atom stereocenters. The summed E-state index contributed by atoms with van der Waals surface area (Å²) in [5.74, 6) is -2.20. The predicted octanol–water partition coefficient (Wildman–Crippen LogP) is 5.00. The van der Waals surface area contributed by atoms with Crippen molar-refractivity contribution >= 4 is 28.6 Å². The van der Waals surface area contributed by atoms with Gasteiger partial charge in [-0.15, -0.1) is 5.10 Å². The third-order valence-electron chi connectivity index (χ3n) is 2.56. The fourth-order valence-corrected chi connectivity index (χ4v) is 2.02. The van der Waals surface area contributed by atoms with Crippen LogP contribution >= 0.6 is 23.2 Å². The lowest BCUT2D eigenvalue weighted by Gasteiger charge is -2.11. The molecule has 0 N–H and O–H groups in total. The van der Waals surface area contributed by atoms with Crippen molar-refractivity contribution in [2.24, 2.45) is 0 Å². The number of alkyl halides is 3. The van der Waals surface area contributed by atoms with E-state index in [9.17, 15) is 22.4 Å². The smallest absolute Gasteiger partial charge is 0.416 e. The van der Waals surface area contributed by atoms with Crippen molar-refractivity contribution in [2.45, 2.75) is 13.1 Å². The highest BCUT2D eigenvalue weighted by Gasteiger charge is 2.32. The molecule has 0 amide bonds. The quantitative estimate of drug-likeness (QED) is 0.561. The van der Waals surface area contributed by atoms with Crippen molar-refractivity contribution in [1.82, 2.24) is 9.78 Å². The highest BCUT2D eigenvalue weighted by Crippen LogP contribution is 2.38. The normalized spacial score (nSPS) is 11.6. The number of hydrogen-bond acceptors (Lipinski definition) is 3. The minimum atomic E-state index is -4.74. The fourth-order valence-electron chi connectivity index (χ4n) is 1.60. The van der Waals surface area contributed by atoms with Gasteiger partial charge in [-0.2, -0.15) is 17.9 Å². The molecule has 2 rings (SSSR count). The third kappa shape index (κ3) is 3.33. The van der Waals surface area contributed by atoms with Crippen molar-refractivity contribution in [3.63, 3.8) is 0 Å². The highest BCUT2D eigenvalue weighted by atomic mass is 35.5. The molecule has 10 heteroatoms. The summed E-state index contributed by atoms with van der Waals surface area (Å²) < 4.78 is 57.1. The molecule has 0 unspecified atom stereocenters. The van der Waals surface area contributed by atoms with Gasteiger partial charge in [0.25, 0.3) is 0 Å². The number of benzene rings is 1. The molecule has 1 heterocycles. The van der Waals surface area contributed by atoms with E-state index in [1.807, 2.05) is 0 Å². The van der Waals surface area contributed by atoms with Crippen LogP contribution in [0.15, 0.2) is 18.2 Å². The van der Waals surface area contributed by atoms with Crippen LogP contribution in [0.2, 0.25) is 5.02 Å². The summed E-state index contributed by atoms with van der Waals surface area (Å²) in [6.45, 7) is 1.48. The van der Waals surface area contributed by atoms with Crippen LogP contribution in [0.5, 0.6) is 11.6 Å². The minimum Gasteiger partial charge on any atom is -0.433 e. The second kappa shape index (κ2) is 5.77. The highest BCUT2D eigenvalue weighted by molar-refractivity contribution is 6.63. The fraction of sp³-hybridized carbons (Fsp3) is 0.167. The van der Waals surface area contributed by atoms with Crippen LogP contribution in [0.1, 0.15) is 11.3 Å². The standard InChI is InChI=1S/C12H6Cl2F4N2O2/c1-5-2-9(19-20(5)11(14)21)22-10-7(13)3-6(4-8(10)15)12(16,17)18/h2-4H,1H3. The molecule has 0 radical (unpaired) electrons. The van der Waals surface area contributed by atoms with E-state index in [2.05, 4.69) is 5.10 Å². The van der Waals surface area contributed by atoms with Crippen molar-refractivity contribution in [1.29, 1.82) is 0 Å². The number of aromatic nitrogens is 2. The maximum atomic E-state index is 13.8. The van der Waals surface area contributed by atoms with E-state index in [0.29, 0.717) is 11.8 Å². The zero-order valence-corrected chi connectivity index (χ0v) is 12.2. The SMILES string of the molecule is Cc1cc(Oc2c(F)cc(C(F)(F)F)cc2Cl)nn1C(=O)Cl. The zero-order chi connectivity index (χ0) is 16.7. The summed E-state index contributed by atoms with van der Waals surface area (Å²) in [6.07, 6.45) is -4.74. The molecule has 0 aliphatic heterocycles. The van der Waals surface area contributed by atoms with Crippen LogP contribution in [-0.2, 0) is 6.18 Å². The van der Waals surface area contributed by atoms with Crippen LogP contribution in [0.25, 0.3) is 0 Å². The number of hydrogen-bond donors (Lipinski definition) is 0. The first-order valence-electron chi connectivity index (χ1n) is 5.60. The van der Waals surface area contributed by atoms with Gasteiger partial charge in [0.2, 0.25) is 5.88 Å². The van der Waals surface area contributed by atoms with E-state index in [1.165, 1.54) is 13.0 Å². The average Bonchev–Trinajstić information content (AvgIpc) is 2.73. The largest absolute Gasteiger partial charge is 0.433 e. The monoisotopic (exact) mass is 356 g/mol. The minimum absolute atomic E-state index is 0.243. The molecule has 22 heavy (non-hydrogen) atoms. The first-order valence-corrected chi connectivity index (χ1v) is 6.36. The van der Waals surface area contributed by atoms with Gasteiger partial charge < -0.3 is 4.74 Å². The summed E-state index contributed by atoms with van der Waals surface area (Å²) >= 11 is 10.8. The molecule has 118 valence electrons. The lowest BCUT2D eigenvalue weighted by Crippen LogP contribution is -2.07. The number of aryl methyl sites for hydroxylation is 1. The van der Waals surface area contributed by atoms with Crippen molar-refractivity contribution < 1.29 is 27.1 Å². The van der Waals surface area contributed by atoms with Gasteiger partial charge >= 0.3 is 11.5 Å². The van der Waals surface area contributed by atoms with E-state index in [1.54, 1.807) is 0 Å². The van der Waals surface area contributed by atoms with Crippen LogP contribution in [0, 0.1) is 12.7 Å². The molecule has 0 saturated carbocycles. The summed E-state index contributed by atoms with van der Waals surface area (Å²) in [4.78, 5) is 11.0. The zero-order valence-electron chi connectivity index (χ0n) is 10.7. The first-order chi connectivity index (χ1) is 10.1. The lowest BCUT2D eigenvalue weighted by atomic mass is 10.2. The summed E-state index contributed by atoms with van der Waals surface area (Å²) in [7, 11) is 0. The molecule has 1 aromatic carbocycles. The van der Waals surface area contributed by atoms with E-state index < -0.39 is 33.7 Å². The van der Waals surface area contributed by atoms with Crippen molar-refractivity contribution in [3.8, 4) is 11.6 Å². The van der Waals surface area contributed by atoms with Gasteiger partial charge in [-0.05, 0) is 30.7 Å². The Balaban J connectivity index is 2.38. The maximum absolute atomic E-state index is 13.8. The predicted molar refractivity (Wildman–Crippen MR) is 70.1 cm³/mol. The van der Waals surface area contributed by atoms with E-state index in [4.69, 9.17) is 27.9 Å². The number of carbonyl (C=O) groups is 1. The van der Waals surface area contributed by atoms with Crippen LogP contribution in [0.4, 0.5) is 22.4 Å². The molecular formula is C12H6Cl2F4N2O2. The van der Waals surface area contributed by atoms with Gasteiger partial charge in [0, 0.05) is 11.8 Å². The van der Waals surface area contributed by atoms with E-state index >= 15 is 0 Å². The van der Waals surface area contributed by atoms with Gasteiger partial charge in [-0.25, -0.2) is 4.39 Å². The Morgan fingerprint density at radius 2 is 1.95 bits per heavy atom. The summed E-state index contributed by atoms with van der Waals surface area (Å²) in [6, 6.07) is 2.02.